The van der Waals surface area contributed by atoms with E-state index < -0.39 is 5.60 Å². The van der Waals surface area contributed by atoms with Crippen LogP contribution in [0.4, 0.5) is 0 Å². The van der Waals surface area contributed by atoms with Gasteiger partial charge in [0.15, 0.2) is 11.6 Å². The molecule has 180 valence electrons. The van der Waals surface area contributed by atoms with Crippen LogP contribution in [0.25, 0.3) is 28.6 Å². The zero-order valence-corrected chi connectivity index (χ0v) is 20.3. The summed E-state index contributed by atoms with van der Waals surface area (Å²) in [6.45, 7) is 2.69. The second kappa shape index (κ2) is 8.77. The Morgan fingerprint density at radius 2 is 1.92 bits per heavy atom. The maximum absolute atomic E-state index is 11.9. The second-order valence-corrected chi connectivity index (χ2v) is 9.19. The Kier molecular flexibility index (Phi) is 5.42. The Balaban J connectivity index is 1.33. The highest BCUT2D eigenvalue weighted by Crippen LogP contribution is 2.40. The molecule has 6 rings (SSSR count). The van der Waals surface area contributed by atoms with Crippen LogP contribution in [-0.2, 0) is 12.1 Å². The third-order valence-corrected chi connectivity index (χ3v) is 6.82. The molecule has 7 heteroatoms. The van der Waals surface area contributed by atoms with Gasteiger partial charge in [0, 0.05) is 12.7 Å². The SMILES string of the molecule is COc1cc(/C=C/c2nc3n(n2)CCC[C@@]3(O)c2cccc3ccccc23)ccc1-n1cnc(C)c1. The van der Waals surface area contributed by atoms with Crippen molar-refractivity contribution in [1.29, 1.82) is 0 Å². The van der Waals surface area contributed by atoms with Crippen molar-refractivity contribution in [3.05, 3.63) is 102 Å². The average molecular weight is 478 g/mol. The molecule has 0 amide bonds. The van der Waals surface area contributed by atoms with E-state index in [4.69, 9.17) is 14.8 Å². The van der Waals surface area contributed by atoms with E-state index in [1.807, 2.05) is 77.0 Å². The lowest BCUT2D eigenvalue weighted by molar-refractivity contribution is 0.0409. The zero-order chi connectivity index (χ0) is 24.7. The molecule has 0 saturated heterocycles. The van der Waals surface area contributed by atoms with E-state index in [9.17, 15) is 5.11 Å². The minimum absolute atomic E-state index is 0.568. The third kappa shape index (κ3) is 3.78. The molecule has 2 aromatic heterocycles. The molecule has 1 aliphatic heterocycles. The van der Waals surface area contributed by atoms with Gasteiger partial charge in [-0.2, -0.15) is 5.10 Å². The predicted molar refractivity (Wildman–Crippen MR) is 140 cm³/mol. The summed E-state index contributed by atoms with van der Waals surface area (Å²) in [4.78, 5) is 9.09. The van der Waals surface area contributed by atoms with Crippen molar-refractivity contribution < 1.29 is 9.84 Å². The van der Waals surface area contributed by atoms with Crippen molar-refractivity contribution in [2.45, 2.75) is 31.9 Å². The van der Waals surface area contributed by atoms with Gasteiger partial charge in [-0.25, -0.2) is 14.6 Å². The molecule has 0 bridgehead atoms. The van der Waals surface area contributed by atoms with E-state index in [2.05, 4.69) is 23.2 Å². The van der Waals surface area contributed by atoms with Crippen molar-refractivity contribution in [3.63, 3.8) is 0 Å². The number of nitrogens with zero attached hydrogens (tertiary/aromatic N) is 5. The van der Waals surface area contributed by atoms with Crippen molar-refractivity contribution in [1.82, 2.24) is 24.3 Å². The van der Waals surface area contributed by atoms with Crippen molar-refractivity contribution >= 4 is 22.9 Å². The average Bonchev–Trinajstić information content (AvgIpc) is 3.54. The molecule has 7 nitrogen and oxygen atoms in total. The van der Waals surface area contributed by atoms with Gasteiger partial charge in [0.05, 0.1) is 24.8 Å². The molecule has 0 radical (unpaired) electrons. The standard InChI is InChI=1S/C29H27N5O2/c1-20-18-33(19-30-20)25-13-11-21(17-26(25)36-2)12-14-27-31-28-29(35,15-6-16-34(28)32-27)24-10-5-8-22-7-3-4-9-23(22)24/h3-5,7-14,17-19,35H,6,15-16H2,1-2H3/b14-12+/t29-/m1/s1. The molecule has 0 saturated carbocycles. The first-order chi connectivity index (χ1) is 17.5. The van der Waals surface area contributed by atoms with Gasteiger partial charge in [0.2, 0.25) is 0 Å². The molecule has 0 aliphatic carbocycles. The van der Waals surface area contributed by atoms with E-state index in [1.54, 1.807) is 13.4 Å². The topological polar surface area (TPSA) is 78.0 Å². The van der Waals surface area contributed by atoms with E-state index in [-0.39, 0.29) is 0 Å². The number of hydrogen-bond acceptors (Lipinski definition) is 5. The molecule has 1 N–H and O–H groups in total. The van der Waals surface area contributed by atoms with Crippen LogP contribution in [0.2, 0.25) is 0 Å². The summed E-state index contributed by atoms with van der Waals surface area (Å²) in [5, 5.41) is 18.8. The van der Waals surface area contributed by atoms with Crippen molar-refractivity contribution in [2.75, 3.05) is 7.11 Å². The van der Waals surface area contributed by atoms with Crippen LogP contribution in [0, 0.1) is 6.92 Å². The highest BCUT2D eigenvalue weighted by Gasteiger charge is 2.40. The summed E-state index contributed by atoms with van der Waals surface area (Å²) in [5.41, 5.74) is 2.51. The largest absolute Gasteiger partial charge is 0.495 e. The quantitative estimate of drug-likeness (QED) is 0.380. The highest BCUT2D eigenvalue weighted by atomic mass is 16.5. The van der Waals surface area contributed by atoms with Crippen molar-refractivity contribution in [2.24, 2.45) is 0 Å². The fourth-order valence-electron chi connectivity index (χ4n) is 5.06. The van der Waals surface area contributed by atoms with E-state index in [0.29, 0.717) is 18.1 Å². The fourth-order valence-corrected chi connectivity index (χ4v) is 5.06. The van der Waals surface area contributed by atoms with E-state index in [1.165, 1.54) is 0 Å². The first-order valence-electron chi connectivity index (χ1n) is 12.1. The van der Waals surface area contributed by atoms with Gasteiger partial charge in [-0.15, -0.1) is 0 Å². The van der Waals surface area contributed by atoms with Crippen LogP contribution < -0.4 is 4.74 Å². The second-order valence-electron chi connectivity index (χ2n) is 9.19. The minimum atomic E-state index is -1.19. The van der Waals surface area contributed by atoms with Gasteiger partial charge in [-0.05, 0) is 59.9 Å². The normalized spacial score (nSPS) is 17.5. The first kappa shape index (κ1) is 22.2. The summed E-state index contributed by atoms with van der Waals surface area (Å²) in [7, 11) is 1.66. The molecule has 3 heterocycles. The Hall–Kier alpha value is -4.23. The van der Waals surface area contributed by atoms with Crippen LogP contribution in [0.5, 0.6) is 5.75 Å². The molecule has 0 unspecified atom stereocenters. The van der Waals surface area contributed by atoms with Gasteiger partial charge in [-0.3, -0.25) is 0 Å². The number of hydrogen-bond donors (Lipinski definition) is 1. The molecular weight excluding hydrogens is 450 g/mol. The first-order valence-corrected chi connectivity index (χ1v) is 12.1. The highest BCUT2D eigenvalue weighted by molar-refractivity contribution is 5.86. The molecule has 0 spiro atoms. The Labute approximate surface area is 209 Å². The smallest absolute Gasteiger partial charge is 0.174 e. The number of aromatic nitrogens is 5. The maximum atomic E-state index is 11.9. The molecular formula is C29H27N5O2. The van der Waals surface area contributed by atoms with Crippen LogP contribution in [0.1, 0.15) is 41.3 Å². The van der Waals surface area contributed by atoms with Crippen LogP contribution in [0.3, 0.4) is 0 Å². The summed E-state index contributed by atoms with van der Waals surface area (Å²) in [6.07, 6.45) is 9.01. The summed E-state index contributed by atoms with van der Waals surface area (Å²) < 4.78 is 9.42. The maximum Gasteiger partial charge on any atom is 0.174 e. The molecule has 36 heavy (non-hydrogen) atoms. The molecule has 1 atom stereocenters. The number of methoxy groups -OCH3 is 1. The number of imidazole rings is 1. The fraction of sp³-hybridized carbons (Fsp3) is 0.207. The summed E-state index contributed by atoms with van der Waals surface area (Å²) in [6, 6.07) is 20.2. The molecule has 3 aromatic carbocycles. The predicted octanol–water partition coefficient (Wildman–Crippen LogP) is 5.13. The lowest BCUT2D eigenvalue weighted by Gasteiger charge is -2.32. The number of rotatable bonds is 5. The molecule has 1 aliphatic rings. The molecule has 5 aromatic rings. The Morgan fingerprint density at radius 3 is 2.75 bits per heavy atom. The third-order valence-electron chi connectivity index (χ3n) is 6.82. The lowest BCUT2D eigenvalue weighted by Crippen LogP contribution is -2.35. The zero-order valence-electron chi connectivity index (χ0n) is 20.3. The monoisotopic (exact) mass is 477 g/mol. The van der Waals surface area contributed by atoms with Gasteiger partial charge in [0.1, 0.15) is 11.4 Å². The Bertz CT molecular complexity index is 1590. The lowest BCUT2D eigenvalue weighted by atomic mass is 9.83. The van der Waals surface area contributed by atoms with Gasteiger partial charge in [0.25, 0.3) is 0 Å². The van der Waals surface area contributed by atoms with E-state index in [0.717, 1.165) is 52.0 Å². The van der Waals surface area contributed by atoms with Crippen LogP contribution >= 0.6 is 0 Å². The number of aryl methyl sites for hydroxylation is 2. The van der Waals surface area contributed by atoms with E-state index >= 15 is 0 Å². The number of fused-ring (bicyclic) bond motifs is 2. The minimum Gasteiger partial charge on any atom is -0.495 e. The summed E-state index contributed by atoms with van der Waals surface area (Å²) >= 11 is 0. The van der Waals surface area contributed by atoms with Crippen LogP contribution in [-0.4, -0.2) is 36.5 Å². The van der Waals surface area contributed by atoms with Gasteiger partial charge in [-0.1, -0.05) is 54.6 Å². The molecule has 0 fully saturated rings. The van der Waals surface area contributed by atoms with Gasteiger partial charge >= 0.3 is 0 Å². The number of benzene rings is 3. The Morgan fingerprint density at radius 1 is 1.06 bits per heavy atom. The van der Waals surface area contributed by atoms with Crippen molar-refractivity contribution in [3.8, 4) is 11.4 Å². The summed E-state index contributed by atoms with van der Waals surface area (Å²) in [5.74, 6) is 1.91. The van der Waals surface area contributed by atoms with Gasteiger partial charge < -0.3 is 14.4 Å². The number of ether oxygens (including phenoxy) is 1. The number of aliphatic hydroxyl groups is 1. The van der Waals surface area contributed by atoms with Crippen LogP contribution in [0.15, 0.2) is 73.2 Å².